The zero-order chi connectivity index (χ0) is 25.2. The molecule has 1 N–H and O–H groups in total. The Balaban J connectivity index is 1.57. The maximum atomic E-state index is 13.6. The second-order valence-electron chi connectivity index (χ2n) is 9.17. The Morgan fingerprint density at radius 1 is 0.861 bits per heavy atom. The SMILES string of the molecule is COc1ccc(OCC(=O)N(Cc2ccccc2)[C@@H](Cc2ccccc2)C(=O)NC2CCCC2)cc1. The highest BCUT2D eigenvalue weighted by Gasteiger charge is 2.32. The summed E-state index contributed by atoms with van der Waals surface area (Å²) in [6.07, 6.45) is 4.64. The Morgan fingerprint density at radius 3 is 2.06 bits per heavy atom. The highest BCUT2D eigenvalue weighted by Crippen LogP contribution is 2.21. The zero-order valence-corrected chi connectivity index (χ0v) is 20.8. The molecule has 1 aliphatic carbocycles. The molecule has 0 unspecified atom stereocenters. The highest BCUT2D eigenvalue weighted by atomic mass is 16.5. The Hall–Kier alpha value is -3.80. The second kappa shape index (κ2) is 12.8. The van der Waals surface area contributed by atoms with Gasteiger partial charge < -0.3 is 19.7 Å². The molecule has 0 heterocycles. The van der Waals surface area contributed by atoms with Gasteiger partial charge in [0.25, 0.3) is 5.91 Å². The van der Waals surface area contributed by atoms with Crippen molar-refractivity contribution in [1.82, 2.24) is 10.2 Å². The lowest BCUT2D eigenvalue weighted by atomic mass is 10.0. The van der Waals surface area contributed by atoms with E-state index in [1.807, 2.05) is 60.7 Å². The van der Waals surface area contributed by atoms with E-state index < -0.39 is 6.04 Å². The Morgan fingerprint density at radius 2 is 1.44 bits per heavy atom. The predicted molar refractivity (Wildman–Crippen MR) is 140 cm³/mol. The summed E-state index contributed by atoms with van der Waals surface area (Å²) in [5, 5.41) is 3.22. The molecule has 1 fully saturated rings. The van der Waals surface area contributed by atoms with Crippen LogP contribution in [0.15, 0.2) is 84.9 Å². The van der Waals surface area contributed by atoms with Gasteiger partial charge in [-0.2, -0.15) is 0 Å². The summed E-state index contributed by atoms with van der Waals surface area (Å²) < 4.78 is 11.0. The van der Waals surface area contributed by atoms with Gasteiger partial charge in [-0.3, -0.25) is 9.59 Å². The van der Waals surface area contributed by atoms with Crippen LogP contribution in [0.3, 0.4) is 0 Å². The average molecular weight is 487 g/mol. The first-order valence-electron chi connectivity index (χ1n) is 12.6. The summed E-state index contributed by atoms with van der Waals surface area (Å²) in [7, 11) is 1.60. The van der Waals surface area contributed by atoms with E-state index in [1.54, 1.807) is 36.3 Å². The van der Waals surface area contributed by atoms with Crippen LogP contribution in [-0.2, 0) is 22.6 Å². The first kappa shape index (κ1) is 25.3. The van der Waals surface area contributed by atoms with Gasteiger partial charge in [-0.25, -0.2) is 0 Å². The third-order valence-corrected chi connectivity index (χ3v) is 6.59. The van der Waals surface area contributed by atoms with E-state index in [0.29, 0.717) is 24.5 Å². The van der Waals surface area contributed by atoms with E-state index >= 15 is 0 Å². The van der Waals surface area contributed by atoms with E-state index in [1.165, 1.54) is 0 Å². The number of rotatable bonds is 11. The predicted octanol–water partition coefficient (Wildman–Crippen LogP) is 4.77. The third-order valence-electron chi connectivity index (χ3n) is 6.59. The Labute approximate surface area is 213 Å². The van der Waals surface area contributed by atoms with Gasteiger partial charge >= 0.3 is 0 Å². The van der Waals surface area contributed by atoms with E-state index in [-0.39, 0.29) is 24.5 Å². The quantitative estimate of drug-likeness (QED) is 0.424. The highest BCUT2D eigenvalue weighted by molar-refractivity contribution is 5.88. The number of nitrogens with zero attached hydrogens (tertiary/aromatic N) is 1. The minimum atomic E-state index is -0.653. The number of methoxy groups -OCH3 is 1. The molecule has 1 saturated carbocycles. The lowest BCUT2D eigenvalue weighted by molar-refractivity contribution is -0.143. The van der Waals surface area contributed by atoms with Crippen LogP contribution in [0, 0.1) is 0 Å². The summed E-state index contributed by atoms with van der Waals surface area (Å²) in [5.41, 5.74) is 1.97. The van der Waals surface area contributed by atoms with E-state index in [9.17, 15) is 9.59 Å². The van der Waals surface area contributed by atoms with Crippen LogP contribution < -0.4 is 14.8 Å². The third kappa shape index (κ3) is 7.11. The van der Waals surface area contributed by atoms with E-state index in [0.717, 1.165) is 36.8 Å². The molecule has 6 nitrogen and oxygen atoms in total. The molecule has 36 heavy (non-hydrogen) atoms. The van der Waals surface area contributed by atoms with Gasteiger partial charge in [0.15, 0.2) is 6.61 Å². The van der Waals surface area contributed by atoms with Gasteiger partial charge in [0.2, 0.25) is 5.91 Å². The first-order chi connectivity index (χ1) is 17.6. The van der Waals surface area contributed by atoms with Gasteiger partial charge in [-0.1, -0.05) is 73.5 Å². The minimum Gasteiger partial charge on any atom is -0.497 e. The molecular formula is C30H34N2O4. The molecule has 188 valence electrons. The van der Waals surface area contributed by atoms with Crippen molar-refractivity contribution in [2.45, 2.75) is 50.7 Å². The van der Waals surface area contributed by atoms with Crippen molar-refractivity contribution in [1.29, 1.82) is 0 Å². The number of carbonyl (C=O) groups is 2. The van der Waals surface area contributed by atoms with Gasteiger partial charge in [0.1, 0.15) is 17.5 Å². The number of hydrogen-bond acceptors (Lipinski definition) is 4. The number of carbonyl (C=O) groups excluding carboxylic acids is 2. The van der Waals surface area contributed by atoms with Crippen molar-refractivity contribution in [2.75, 3.05) is 13.7 Å². The Kier molecular flexibility index (Phi) is 8.98. The van der Waals surface area contributed by atoms with Gasteiger partial charge in [0.05, 0.1) is 7.11 Å². The fourth-order valence-corrected chi connectivity index (χ4v) is 4.60. The molecule has 0 spiro atoms. The molecule has 0 aliphatic heterocycles. The molecule has 3 aromatic carbocycles. The second-order valence-corrected chi connectivity index (χ2v) is 9.17. The molecule has 2 amide bonds. The number of hydrogen-bond donors (Lipinski definition) is 1. The van der Waals surface area contributed by atoms with Crippen molar-refractivity contribution < 1.29 is 19.1 Å². The molecule has 1 aliphatic rings. The van der Waals surface area contributed by atoms with Crippen LogP contribution in [0.4, 0.5) is 0 Å². The van der Waals surface area contributed by atoms with Crippen LogP contribution in [-0.4, -0.2) is 42.5 Å². The van der Waals surface area contributed by atoms with Crippen LogP contribution in [0.5, 0.6) is 11.5 Å². The van der Waals surface area contributed by atoms with E-state index in [4.69, 9.17) is 9.47 Å². The van der Waals surface area contributed by atoms with Crippen molar-refractivity contribution in [3.8, 4) is 11.5 Å². The Bertz CT molecular complexity index is 1100. The molecule has 4 rings (SSSR count). The molecule has 0 radical (unpaired) electrons. The van der Waals surface area contributed by atoms with Gasteiger partial charge in [0, 0.05) is 19.0 Å². The van der Waals surface area contributed by atoms with Gasteiger partial charge in [-0.05, 0) is 48.2 Å². The van der Waals surface area contributed by atoms with Crippen molar-refractivity contribution in [3.05, 3.63) is 96.1 Å². The number of ether oxygens (including phenoxy) is 2. The fourth-order valence-electron chi connectivity index (χ4n) is 4.60. The monoisotopic (exact) mass is 486 g/mol. The molecule has 6 heteroatoms. The maximum absolute atomic E-state index is 13.6. The molecule has 0 aromatic heterocycles. The van der Waals surface area contributed by atoms with Crippen LogP contribution >= 0.6 is 0 Å². The lowest BCUT2D eigenvalue weighted by Crippen LogP contribution is -2.53. The van der Waals surface area contributed by atoms with Gasteiger partial charge in [-0.15, -0.1) is 0 Å². The fraction of sp³-hybridized carbons (Fsp3) is 0.333. The molecular weight excluding hydrogens is 452 g/mol. The van der Waals surface area contributed by atoms with Crippen LogP contribution in [0.25, 0.3) is 0 Å². The van der Waals surface area contributed by atoms with Crippen molar-refractivity contribution in [2.24, 2.45) is 0 Å². The summed E-state index contributed by atoms with van der Waals surface area (Å²) in [6, 6.07) is 26.2. The summed E-state index contributed by atoms with van der Waals surface area (Å²) in [4.78, 5) is 28.9. The molecule has 0 bridgehead atoms. The topological polar surface area (TPSA) is 67.9 Å². The van der Waals surface area contributed by atoms with Crippen molar-refractivity contribution in [3.63, 3.8) is 0 Å². The molecule has 3 aromatic rings. The molecule has 1 atom stereocenters. The summed E-state index contributed by atoms with van der Waals surface area (Å²) in [5.74, 6) is 0.932. The average Bonchev–Trinajstić information content (AvgIpc) is 3.43. The largest absolute Gasteiger partial charge is 0.497 e. The zero-order valence-electron chi connectivity index (χ0n) is 20.8. The normalized spacial score (nSPS) is 14.1. The van der Waals surface area contributed by atoms with Crippen LogP contribution in [0.1, 0.15) is 36.8 Å². The minimum absolute atomic E-state index is 0.112. The standard InChI is InChI=1S/C30H34N2O4/c1-35-26-16-18-27(19-17-26)36-22-29(33)32(21-24-12-6-3-7-13-24)28(20-23-10-4-2-5-11-23)30(34)31-25-14-8-9-15-25/h2-7,10-13,16-19,25,28H,8-9,14-15,20-22H2,1H3,(H,31,34)/t28-/m0/s1. The maximum Gasteiger partial charge on any atom is 0.261 e. The summed E-state index contributed by atoms with van der Waals surface area (Å²) in [6.45, 7) is 0.155. The lowest BCUT2D eigenvalue weighted by Gasteiger charge is -2.32. The smallest absolute Gasteiger partial charge is 0.261 e. The number of benzene rings is 3. The molecule has 0 saturated heterocycles. The number of amides is 2. The van der Waals surface area contributed by atoms with Crippen LogP contribution in [0.2, 0.25) is 0 Å². The van der Waals surface area contributed by atoms with Crippen molar-refractivity contribution >= 4 is 11.8 Å². The summed E-state index contributed by atoms with van der Waals surface area (Å²) >= 11 is 0. The van der Waals surface area contributed by atoms with E-state index in [2.05, 4.69) is 5.32 Å². The number of nitrogens with one attached hydrogen (secondary N) is 1. The first-order valence-corrected chi connectivity index (χ1v) is 12.6.